The first-order valence-electron chi connectivity index (χ1n) is 9.48. The lowest BCUT2D eigenvalue weighted by molar-refractivity contribution is -0.384. The molecule has 2 aromatic heterocycles. The van der Waals surface area contributed by atoms with E-state index in [2.05, 4.69) is 33.9 Å². The fourth-order valence-corrected chi connectivity index (χ4v) is 4.28. The zero-order valence-corrected chi connectivity index (χ0v) is 15.9. The van der Waals surface area contributed by atoms with E-state index in [9.17, 15) is 10.1 Å². The fourth-order valence-electron chi connectivity index (χ4n) is 4.28. The van der Waals surface area contributed by atoms with Crippen molar-refractivity contribution >= 4 is 27.5 Å². The molecule has 0 fully saturated rings. The topological polar surface area (TPSA) is 63.9 Å². The summed E-state index contributed by atoms with van der Waals surface area (Å²) in [5.41, 5.74) is 5.44. The van der Waals surface area contributed by atoms with Crippen molar-refractivity contribution in [2.24, 2.45) is 7.05 Å². The van der Waals surface area contributed by atoms with Crippen molar-refractivity contribution in [3.63, 3.8) is 0 Å². The predicted molar refractivity (Wildman–Crippen MR) is 115 cm³/mol. The average Bonchev–Trinajstić information content (AvgIpc) is 3.31. The number of H-pyrrole nitrogens is 1. The van der Waals surface area contributed by atoms with Crippen LogP contribution in [0.4, 0.5) is 5.69 Å². The van der Waals surface area contributed by atoms with Crippen molar-refractivity contribution in [1.82, 2.24) is 9.55 Å². The fraction of sp³-hybridized carbons (Fsp3) is 0.0833. The Bertz CT molecular complexity index is 1360. The molecular formula is C24H19N3O2. The Balaban J connectivity index is 1.82. The van der Waals surface area contributed by atoms with Gasteiger partial charge in [-0.05, 0) is 28.8 Å². The van der Waals surface area contributed by atoms with Gasteiger partial charge in [-0.15, -0.1) is 0 Å². The molecule has 3 aromatic carbocycles. The Morgan fingerprint density at radius 3 is 2.52 bits per heavy atom. The van der Waals surface area contributed by atoms with Gasteiger partial charge >= 0.3 is 0 Å². The highest BCUT2D eigenvalue weighted by molar-refractivity contribution is 5.89. The van der Waals surface area contributed by atoms with E-state index < -0.39 is 0 Å². The van der Waals surface area contributed by atoms with Crippen LogP contribution in [-0.2, 0) is 7.05 Å². The molecule has 5 aromatic rings. The van der Waals surface area contributed by atoms with E-state index in [1.807, 2.05) is 49.6 Å². The summed E-state index contributed by atoms with van der Waals surface area (Å²) in [4.78, 5) is 14.4. The normalized spacial score (nSPS) is 12.4. The summed E-state index contributed by atoms with van der Waals surface area (Å²) in [6.45, 7) is 0. The van der Waals surface area contributed by atoms with Crippen LogP contribution in [0.1, 0.15) is 22.6 Å². The summed E-state index contributed by atoms with van der Waals surface area (Å²) >= 11 is 0. The Morgan fingerprint density at radius 1 is 0.931 bits per heavy atom. The molecule has 2 heterocycles. The number of nitrogens with one attached hydrogen (secondary N) is 1. The van der Waals surface area contributed by atoms with Gasteiger partial charge in [0.2, 0.25) is 0 Å². The monoisotopic (exact) mass is 381 g/mol. The van der Waals surface area contributed by atoms with E-state index >= 15 is 0 Å². The third kappa shape index (κ3) is 2.79. The maximum absolute atomic E-state index is 11.4. The Kier molecular flexibility index (Phi) is 3.95. The van der Waals surface area contributed by atoms with Crippen LogP contribution in [0.25, 0.3) is 21.8 Å². The van der Waals surface area contributed by atoms with Crippen LogP contribution in [0.3, 0.4) is 0 Å². The minimum Gasteiger partial charge on any atom is -0.361 e. The molecule has 0 aliphatic heterocycles. The van der Waals surface area contributed by atoms with Gasteiger partial charge in [0, 0.05) is 59.3 Å². The molecule has 0 bridgehead atoms. The quantitative estimate of drug-likeness (QED) is 0.318. The molecule has 1 atom stereocenters. The first kappa shape index (κ1) is 17.3. The van der Waals surface area contributed by atoms with E-state index in [1.54, 1.807) is 18.2 Å². The molecule has 142 valence electrons. The zero-order valence-electron chi connectivity index (χ0n) is 15.9. The van der Waals surface area contributed by atoms with Crippen molar-refractivity contribution in [2.45, 2.75) is 5.92 Å². The number of hydrogen-bond donors (Lipinski definition) is 1. The number of aromatic nitrogens is 2. The van der Waals surface area contributed by atoms with Crippen LogP contribution in [0, 0.1) is 10.1 Å². The second-order valence-corrected chi connectivity index (χ2v) is 7.29. The van der Waals surface area contributed by atoms with Gasteiger partial charge in [0.1, 0.15) is 0 Å². The Morgan fingerprint density at radius 2 is 1.69 bits per heavy atom. The molecule has 29 heavy (non-hydrogen) atoms. The van der Waals surface area contributed by atoms with Crippen molar-refractivity contribution in [2.75, 3.05) is 0 Å². The van der Waals surface area contributed by atoms with Crippen LogP contribution < -0.4 is 0 Å². The van der Waals surface area contributed by atoms with Crippen molar-refractivity contribution in [1.29, 1.82) is 0 Å². The highest BCUT2D eigenvalue weighted by Crippen LogP contribution is 2.40. The number of aromatic amines is 1. The number of non-ortho nitro benzene ring substituents is 1. The van der Waals surface area contributed by atoms with E-state index in [1.165, 1.54) is 0 Å². The smallest absolute Gasteiger partial charge is 0.269 e. The molecule has 5 rings (SSSR count). The maximum Gasteiger partial charge on any atom is 0.269 e. The van der Waals surface area contributed by atoms with E-state index in [4.69, 9.17) is 0 Å². The molecule has 0 saturated carbocycles. The van der Waals surface area contributed by atoms with Gasteiger partial charge in [-0.1, -0.05) is 48.5 Å². The van der Waals surface area contributed by atoms with Gasteiger partial charge in [0.05, 0.1) is 4.92 Å². The number of aryl methyl sites for hydroxylation is 1. The average molecular weight is 381 g/mol. The SMILES string of the molecule is Cn1cc(C(c2cccc([N+](=O)[O-])c2)c2c[nH]c3ccccc23)c2ccccc21. The Hall–Kier alpha value is -3.86. The lowest BCUT2D eigenvalue weighted by Gasteiger charge is -2.17. The van der Waals surface area contributed by atoms with Crippen LogP contribution >= 0.6 is 0 Å². The first-order chi connectivity index (χ1) is 14.1. The lowest BCUT2D eigenvalue weighted by atomic mass is 9.84. The Labute approximate surface area is 167 Å². The molecule has 0 saturated heterocycles. The number of fused-ring (bicyclic) bond motifs is 2. The zero-order chi connectivity index (χ0) is 20.0. The van der Waals surface area contributed by atoms with Gasteiger partial charge in [-0.2, -0.15) is 0 Å². The number of nitro benzene ring substituents is 1. The van der Waals surface area contributed by atoms with E-state index in [0.717, 1.165) is 38.5 Å². The standard InChI is InChI=1S/C24H19N3O2/c1-26-15-21(19-10-3-5-12-23(19)26)24(16-7-6-8-17(13-16)27(28)29)20-14-25-22-11-4-2-9-18(20)22/h2-15,24-25H,1H3. The van der Waals surface area contributed by atoms with Gasteiger partial charge in [-0.25, -0.2) is 0 Å². The van der Waals surface area contributed by atoms with Crippen molar-refractivity contribution < 1.29 is 4.92 Å². The summed E-state index contributed by atoms with van der Waals surface area (Å²) in [5, 5.41) is 13.7. The van der Waals surface area contributed by atoms with E-state index in [-0.39, 0.29) is 16.5 Å². The number of para-hydroxylation sites is 2. The third-order valence-corrected chi connectivity index (χ3v) is 5.59. The molecule has 0 aliphatic carbocycles. The van der Waals surface area contributed by atoms with E-state index in [0.29, 0.717) is 0 Å². The summed E-state index contributed by atoms with van der Waals surface area (Å²) in [7, 11) is 2.03. The third-order valence-electron chi connectivity index (χ3n) is 5.59. The summed E-state index contributed by atoms with van der Waals surface area (Å²) < 4.78 is 2.11. The molecule has 0 radical (unpaired) electrons. The predicted octanol–water partition coefficient (Wildman–Crippen LogP) is 5.75. The molecule has 0 aliphatic rings. The van der Waals surface area contributed by atoms with Crippen molar-refractivity contribution in [3.05, 3.63) is 112 Å². The first-order valence-corrected chi connectivity index (χ1v) is 9.48. The summed E-state index contributed by atoms with van der Waals surface area (Å²) in [5.74, 6) is -0.128. The second-order valence-electron chi connectivity index (χ2n) is 7.29. The molecular weight excluding hydrogens is 362 g/mol. The van der Waals surface area contributed by atoms with Crippen LogP contribution in [0.5, 0.6) is 0 Å². The minimum absolute atomic E-state index is 0.104. The number of rotatable bonds is 4. The molecule has 1 N–H and O–H groups in total. The lowest BCUT2D eigenvalue weighted by Crippen LogP contribution is -2.03. The summed E-state index contributed by atoms with van der Waals surface area (Å²) in [6.07, 6.45) is 4.16. The molecule has 5 heteroatoms. The molecule has 0 spiro atoms. The largest absolute Gasteiger partial charge is 0.361 e. The van der Waals surface area contributed by atoms with Gasteiger partial charge < -0.3 is 9.55 Å². The second kappa shape index (κ2) is 6.63. The number of hydrogen-bond acceptors (Lipinski definition) is 2. The molecule has 5 nitrogen and oxygen atoms in total. The highest BCUT2D eigenvalue weighted by Gasteiger charge is 2.25. The number of benzene rings is 3. The van der Waals surface area contributed by atoms with Gasteiger partial charge in [0.25, 0.3) is 5.69 Å². The minimum atomic E-state index is -0.334. The van der Waals surface area contributed by atoms with Crippen LogP contribution in [0.15, 0.2) is 85.2 Å². The number of nitrogens with zero attached hydrogens (tertiary/aromatic N) is 2. The highest BCUT2D eigenvalue weighted by atomic mass is 16.6. The van der Waals surface area contributed by atoms with Gasteiger partial charge in [0.15, 0.2) is 0 Å². The summed E-state index contributed by atoms with van der Waals surface area (Å²) in [6, 6.07) is 23.4. The maximum atomic E-state index is 11.4. The van der Waals surface area contributed by atoms with Crippen molar-refractivity contribution in [3.8, 4) is 0 Å². The van der Waals surface area contributed by atoms with Gasteiger partial charge in [-0.3, -0.25) is 10.1 Å². The number of nitro groups is 1. The van der Waals surface area contributed by atoms with Crippen LogP contribution in [0.2, 0.25) is 0 Å². The molecule has 0 amide bonds. The molecule has 1 unspecified atom stereocenters. The van der Waals surface area contributed by atoms with Crippen LogP contribution in [-0.4, -0.2) is 14.5 Å².